The van der Waals surface area contributed by atoms with Crippen molar-refractivity contribution in [2.24, 2.45) is 0 Å². The van der Waals surface area contributed by atoms with E-state index in [2.05, 4.69) is 5.32 Å². The van der Waals surface area contributed by atoms with Gasteiger partial charge in [0.1, 0.15) is 6.61 Å². The summed E-state index contributed by atoms with van der Waals surface area (Å²) in [6.07, 6.45) is 0.147. The number of carbonyl (C=O) groups excluding carboxylic acids is 1. The lowest BCUT2D eigenvalue weighted by Crippen LogP contribution is -2.31. The second-order valence-corrected chi connectivity index (χ2v) is 8.03. The van der Waals surface area contributed by atoms with Crippen LogP contribution in [-0.4, -0.2) is 71.0 Å². The summed E-state index contributed by atoms with van der Waals surface area (Å²) in [5.41, 5.74) is 0. The molecule has 1 N–H and O–H groups in total. The highest BCUT2D eigenvalue weighted by Crippen LogP contribution is 1.99. The third-order valence-corrected chi connectivity index (χ3v) is 4.88. The Morgan fingerprint density at radius 3 is 2.27 bits per heavy atom. The molecular weight excluding hydrogens is 310 g/mol. The normalized spacial score (nSPS) is 12.1. The molecule has 132 valence electrons. The average molecular weight is 339 g/mol. The first-order chi connectivity index (χ1) is 10.3. The molecule has 0 aromatic rings. The molecule has 22 heavy (non-hydrogen) atoms. The topological polar surface area (TPSA) is 90.9 Å². The van der Waals surface area contributed by atoms with E-state index in [1.54, 1.807) is 13.8 Å². The van der Waals surface area contributed by atoms with Crippen LogP contribution in [0.5, 0.6) is 0 Å². The molecule has 0 saturated carbocycles. The van der Waals surface area contributed by atoms with Crippen LogP contribution in [0, 0.1) is 0 Å². The van der Waals surface area contributed by atoms with Crippen LogP contribution >= 0.6 is 0 Å². The lowest BCUT2D eigenvalue weighted by atomic mass is 10.5. The summed E-state index contributed by atoms with van der Waals surface area (Å²) in [7, 11) is -3.07. The Morgan fingerprint density at radius 1 is 1.00 bits per heavy atom. The molecule has 7 nitrogen and oxygen atoms in total. The molecule has 0 aliphatic rings. The summed E-state index contributed by atoms with van der Waals surface area (Å²) >= 11 is 0. The molecule has 0 fully saturated rings. The molecule has 0 aliphatic heterocycles. The smallest absolute Gasteiger partial charge is 0.246 e. The van der Waals surface area contributed by atoms with Gasteiger partial charge in [0.05, 0.1) is 43.5 Å². The van der Waals surface area contributed by atoms with Crippen LogP contribution in [-0.2, 0) is 28.8 Å². The Balaban J connectivity index is 3.46. The number of amides is 1. The van der Waals surface area contributed by atoms with E-state index < -0.39 is 15.1 Å². The Morgan fingerprint density at radius 2 is 1.68 bits per heavy atom. The van der Waals surface area contributed by atoms with Crippen molar-refractivity contribution in [3.05, 3.63) is 0 Å². The van der Waals surface area contributed by atoms with Gasteiger partial charge in [0, 0.05) is 6.54 Å². The molecule has 0 unspecified atom stereocenters. The van der Waals surface area contributed by atoms with E-state index in [1.807, 2.05) is 13.8 Å². The van der Waals surface area contributed by atoms with Gasteiger partial charge in [0.2, 0.25) is 5.91 Å². The first kappa shape index (κ1) is 21.3. The van der Waals surface area contributed by atoms with E-state index >= 15 is 0 Å². The van der Waals surface area contributed by atoms with Gasteiger partial charge in [0.15, 0.2) is 9.84 Å². The fourth-order valence-corrected chi connectivity index (χ4v) is 2.16. The monoisotopic (exact) mass is 339 g/mol. The summed E-state index contributed by atoms with van der Waals surface area (Å²) in [6.45, 7) is 8.68. The van der Waals surface area contributed by atoms with Crippen LogP contribution in [0.1, 0.15) is 27.7 Å². The highest BCUT2D eigenvalue weighted by molar-refractivity contribution is 7.91. The Labute approximate surface area is 133 Å². The molecule has 0 heterocycles. The maximum atomic E-state index is 11.5. The maximum absolute atomic E-state index is 11.5. The predicted molar refractivity (Wildman–Crippen MR) is 84.7 cm³/mol. The van der Waals surface area contributed by atoms with Crippen LogP contribution < -0.4 is 5.32 Å². The van der Waals surface area contributed by atoms with Crippen molar-refractivity contribution in [2.45, 2.75) is 39.0 Å². The minimum atomic E-state index is -3.07. The lowest BCUT2D eigenvalue weighted by molar-refractivity contribution is -0.126. The third-order valence-electron chi connectivity index (χ3n) is 2.71. The Kier molecular flexibility index (Phi) is 11.4. The molecule has 0 saturated heterocycles. The summed E-state index contributed by atoms with van der Waals surface area (Å²) in [5, 5.41) is 2.23. The predicted octanol–water partition coefficient (Wildman–Crippen LogP) is 0.384. The number of hydrogen-bond donors (Lipinski definition) is 1. The van der Waals surface area contributed by atoms with Gasteiger partial charge in [-0.05, 0) is 27.7 Å². The molecular formula is C14H29NO6S. The van der Waals surface area contributed by atoms with Gasteiger partial charge in [-0.1, -0.05) is 0 Å². The van der Waals surface area contributed by atoms with Crippen molar-refractivity contribution in [1.82, 2.24) is 5.32 Å². The zero-order valence-corrected chi connectivity index (χ0v) is 14.8. The van der Waals surface area contributed by atoms with Crippen molar-refractivity contribution in [2.75, 3.05) is 45.3 Å². The fourth-order valence-electron chi connectivity index (χ4n) is 1.33. The fraction of sp³-hybridized carbons (Fsp3) is 0.929. The van der Waals surface area contributed by atoms with E-state index in [1.165, 1.54) is 0 Å². The standard InChI is InChI=1S/C14H29NO6S/c1-12(2)21-8-7-20-11-14(16)15-5-6-19-9-10-22(17,18)13(3)4/h12-13H,5-11H2,1-4H3,(H,15,16). The lowest BCUT2D eigenvalue weighted by Gasteiger charge is -2.10. The Hall–Kier alpha value is -0.700. The van der Waals surface area contributed by atoms with Crippen molar-refractivity contribution in [1.29, 1.82) is 0 Å². The summed E-state index contributed by atoms with van der Waals surface area (Å²) in [5.74, 6) is -0.236. The van der Waals surface area contributed by atoms with Crippen molar-refractivity contribution in [3.63, 3.8) is 0 Å². The SMILES string of the molecule is CC(C)OCCOCC(=O)NCCOCCS(=O)(=O)C(C)C. The van der Waals surface area contributed by atoms with Crippen molar-refractivity contribution in [3.8, 4) is 0 Å². The van der Waals surface area contributed by atoms with Crippen LogP contribution in [0.25, 0.3) is 0 Å². The molecule has 0 aromatic heterocycles. The van der Waals surface area contributed by atoms with Gasteiger partial charge >= 0.3 is 0 Å². The van der Waals surface area contributed by atoms with Crippen molar-refractivity contribution < 1.29 is 27.4 Å². The number of nitrogens with one attached hydrogen (secondary N) is 1. The van der Waals surface area contributed by atoms with Gasteiger partial charge in [-0.2, -0.15) is 0 Å². The van der Waals surface area contributed by atoms with Gasteiger partial charge in [-0.3, -0.25) is 4.79 Å². The Bertz CT molecular complexity index is 394. The molecule has 0 aliphatic carbocycles. The van der Waals surface area contributed by atoms with E-state index in [4.69, 9.17) is 14.2 Å². The summed E-state index contributed by atoms with van der Waals surface area (Å²) in [6, 6.07) is 0. The van der Waals surface area contributed by atoms with Crippen molar-refractivity contribution >= 4 is 15.7 Å². The zero-order chi connectivity index (χ0) is 17.0. The molecule has 0 aromatic carbocycles. The van der Waals surface area contributed by atoms with Gasteiger partial charge < -0.3 is 19.5 Å². The first-order valence-corrected chi connectivity index (χ1v) is 9.22. The van der Waals surface area contributed by atoms with Crippen LogP contribution in [0.3, 0.4) is 0 Å². The largest absolute Gasteiger partial charge is 0.379 e. The molecule has 0 spiro atoms. The van der Waals surface area contributed by atoms with Gasteiger partial charge in [0.25, 0.3) is 0 Å². The summed E-state index contributed by atoms with van der Waals surface area (Å²) < 4.78 is 38.6. The number of carbonyl (C=O) groups is 1. The minimum absolute atomic E-state index is 0.00241. The highest BCUT2D eigenvalue weighted by Gasteiger charge is 2.15. The quantitative estimate of drug-likeness (QED) is 0.488. The number of sulfone groups is 1. The number of rotatable bonds is 13. The van der Waals surface area contributed by atoms with Crippen LogP contribution in [0.15, 0.2) is 0 Å². The molecule has 8 heteroatoms. The summed E-state index contributed by atoms with van der Waals surface area (Å²) in [4.78, 5) is 11.4. The first-order valence-electron chi connectivity index (χ1n) is 7.51. The third kappa shape index (κ3) is 11.9. The zero-order valence-electron chi connectivity index (χ0n) is 14.0. The molecule has 0 radical (unpaired) electrons. The second kappa shape index (κ2) is 11.8. The van der Waals surface area contributed by atoms with E-state index in [0.29, 0.717) is 19.8 Å². The molecule has 0 rings (SSSR count). The van der Waals surface area contributed by atoms with Gasteiger partial charge in [-0.15, -0.1) is 0 Å². The molecule has 1 amide bonds. The van der Waals surface area contributed by atoms with E-state index in [9.17, 15) is 13.2 Å². The van der Waals surface area contributed by atoms with Crippen LogP contribution in [0.2, 0.25) is 0 Å². The molecule has 0 bridgehead atoms. The van der Waals surface area contributed by atoms with E-state index in [0.717, 1.165) is 0 Å². The van der Waals surface area contributed by atoms with E-state index in [-0.39, 0.29) is 37.6 Å². The van der Waals surface area contributed by atoms with Crippen LogP contribution in [0.4, 0.5) is 0 Å². The second-order valence-electron chi connectivity index (χ2n) is 5.35. The number of hydrogen-bond acceptors (Lipinski definition) is 6. The highest BCUT2D eigenvalue weighted by atomic mass is 32.2. The maximum Gasteiger partial charge on any atom is 0.246 e. The average Bonchev–Trinajstić information content (AvgIpc) is 2.41. The minimum Gasteiger partial charge on any atom is -0.379 e. The van der Waals surface area contributed by atoms with Gasteiger partial charge in [-0.25, -0.2) is 8.42 Å². The molecule has 0 atom stereocenters. The number of ether oxygens (including phenoxy) is 3.